The summed E-state index contributed by atoms with van der Waals surface area (Å²) in [5.41, 5.74) is -1.51. The fourth-order valence-corrected chi connectivity index (χ4v) is 2.45. The largest absolute Gasteiger partial charge is 0.484 e. The predicted octanol–water partition coefficient (Wildman–Crippen LogP) is 2.42. The Morgan fingerprint density at radius 1 is 0.909 bits per heavy atom. The number of benzene rings is 2. The van der Waals surface area contributed by atoms with Gasteiger partial charge in [0.05, 0.1) is 11.7 Å². The summed E-state index contributed by atoms with van der Waals surface area (Å²) in [6, 6.07) is 7.07. The van der Waals surface area contributed by atoms with Crippen LogP contribution in [0.15, 0.2) is 42.5 Å². The van der Waals surface area contributed by atoms with Gasteiger partial charge in [-0.2, -0.15) is 13.2 Å². The van der Waals surface area contributed by atoms with E-state index >= 15 is 0 Å². The van der Waals surface area contributed by atoms with Gasteiger partial charge in [0.25, 0.3) is 11.8 Å². The monoisotopic (exact) mass is 476 g/mol. The normalized spacial score (nSPS) is 12.1. The molecule has 0 saturated heterocycles. The lowest BCUT2D eigenvalue weighted by Gasteiger charge is -2.13. The highest BCUT2D eigenvalue weighted by Crippen LogP contribution is 2.33. The summed E-state index contributed by atoms with van der Waals surface area (Å²) in [6.07, 6.45) is -5.82. The average Bonchev–Trinajstić information content (AvgIpc) is 2.76. The van der Waals surface area contributed by atoms with Crippen LogP contribution in [0.2, 0.25) is 0 Å². The molecule has 180 valence electrons. The molecule has 0 aromatic heterocycles. The Morgan fingerprint density at radius 3 is 2.12 bits per heavy atom. The number of aliphatic hydroxyl groups is 1. The number of halogens is 5. The third-order valence-electron chi connectivity index (χ3n) is 4.13. The second-order valence-electron chi connectivity index (χ2n) is 6.77. The maximum Gasteiger partial charge on any atom is 0.419 e. The van der Waals surface area contributed by atoms with Crippen LogP contribution in [0.1, 0.15) is 12.0 Å². The van der Waals surface area contributed by atoms with Crippen molar-refractivity contribution in [3.8, 4) is 11.5 Å². The third-order valence-corrected chi connectivity index (χ3v) is 4.13. The number of alkyl halides is 3. The summed E-state index contributed by atoms with van der Waals surface area (Å²) in [7, 11) is 0. The summed E-state index contributed by atoms with van der Waals surface area (Å²) >= 11 is 0. The van der Waals surface area contributed by atoms with Crippen LogP contribution in [0.4, 0.5) is 22.0 Å². The van der Waals surface area contributed by atoms with Gasteiger partial charge in [0.15, 0.2) is 13.2 Å². The molecule has 2 aromatic carbocycles. The first-order valence-electron chi connectivity index (χ1n) is 9.64. The minimum absolute atomic E-state index is 0.00251. The molecule has 2 amide bonds. The number of hydrogen-bond donors (Lipinski definition) is 3. The van der Waals surface area contributed by atoms with E-state index in [2.05, 4.69) is 10.6 Å². The molecule has 0 unspecified atom stereocenters. The molecule has 0 aliphatic carbocycles. The summed E-state index contributed by atoms with van der Waals surface area (Å²) < 4.78 is 74.1. The Bertz CT molecular complexity index is 938. The van der Waals surface area contributed by atoms with Gasteiger partial charge in [0.1, 0.15) is 23.1 Å². The summed E-state index contributed by atoms with van der Waals surface area (Å²) in [5.74, 6) is -3.12. The molecule has 0 heterocycles. The van der Waals surface area contributed by atoms with Crippen LogP contribution in [-0.4, -0.2) is 49.3 Å². The minimum Gasteiger partial charge on any atom is -0.484 e. The predicted molar refractivity (Wildman–Crippen MR) is 105 cm³/mol. The lowest BCUT2D eigenvalue weighted by atomic mass is 10.2. The molecule has 7 nitrogen and oxygen atoms in total. The number of carbonyl (C=O) groups excluding carboxylic acids is 2. The van der Waals surface area contributed by atoms with Gasteiger partial charge in [-0.3, -0.25) is 9.59 Å². The van der Waals surface area contributed by atoms with Crippen molar-refractivity contribution in [2.75, 3.05) is 26.3 Å². The van der Waals surface area contributed by atoms with E-state index in [9.17, 15) is 36.6 Å². The number of nitrogens with one attached hydrogen (secondary N) is 2. The topological polar surface area (TPSA) is 96.9 Å². The van der Waals surface area contributed by atoms with Crippen molar-refractivity contribution in [3.63, 3.8) is 0 Å². The second-order valence-corrected chi connectivity index (χ2v) is 6.77. The van der Waals surface area contributed by atoms with E-state index in [1.165, 1.54) is 24.3 Å². The first kappa shape index (κ1) is 25.8. The van der Waals surface area contributed by atoms with Crippen LogP contribution >= 0.6 is 0 Å². The highest BCUT2D eigenvalue weighted by molar-refractivity contribution is 5.78. The Balaban J connectivity index is 1.62. The molecular weight excluding hydrogens is 455 g/mol. The van der Waals surface area contributed by atoms with Gasteiger partial charge < -0.3 is 25.2 Å². The van der Waals surface area contributed by atoms with E-state index in [0.717, 1.165) is 6.07 Å². The summed E-state index contributed by atoms with van der Waals surface area (Å²) in [6.45, 7) is -1.07. The van der Waals surface area contributed by atoms with Crippen molar-refractivity contribution >= 4 is 11.8 Å². The molecule has 0 aliphatic rings. The van der Waals surface area contributed by atoms with Crippen LogP contribution in [-0.2, 0) is 15.8 Å². The van der Waals surface area contributed by atoms with Gasteiger partial charge in [-0.1, -0.05) is 0 Å². The Labute approximate surface area is 185 Å². The quantitative estimate of drug-likeness (QED) is 0.433. The molecule has 3 N–H and O–H groups in total. The Kier molecular flexibility index (Phi) is 9.40. The lowest BCUT2D eigenvalue weighted by Crippen LogP contribution is -2.37. The van der Waals surface area contributed by atoms with Gasteiger partial charge in [-0.25, -0.2) is 8.78 Å². The van der Waals surface area contributed by atoms with Crippen molar-refractivity contribution in [1.29, 1.82) is 0 Å². The number of rotatable bonds is 11. The van der Waals surface area contributed by atoms with E-state index < -0.39 is 47.9 Å². The number of ether oxygens (including phenoxy) is 2. The fraction of sp³-hybridized carbons (Fsp3) is 0.333. The lowest BCUT2D eigenvalue weighted by molar-refractivity contribution is -0.140. The fourth-order valence-electron chi connectivity index (χ4n) is 2.45. The third kappa shape index (κ3) is 9.31. The van der Waals surface area contributed by atoms with Crippen molar-refractivity contribution in [3.05, 3.63) is 59.7 Å². The zero-order valence-corrected chi connectivity index (χ0v) is 17.1. The Hall–Kier alpha value is -3.41. The summed E-state index contributed by atoms with van der Waals surface area (Å²) in [4.78, 5) is 23.4. The van der Waals surface area contributed by atoms with Crippen LogP contribution in [0.25, 0.3) is 0 Å². The van der Waals surface area contributed by atoms with Crippen LogP contribution in [0.3, 0.4) is 0 Å². The molecule has 0 fully saturated rings. The molecule has 0 saturated carbocycles. The minimum atomic E-state index is -4.90. The van der Waals surface area contributed by atoms with E-state index in [4.69, 9.17) is 9.47 Å². The van der Waals surface area contributed by atoms with E-state index in [0.29, 0.717) is 17.9 Å². The van der Waals surface area contributed by atoms with E-state index in [1.54, 1.807) is 0 Å². The number of carbonyl (C=O) groups is 2. The number of amides is 2. The number of hydrogen-bond acceptors (Lipinski definition) is 5. The zero-order valence-electron chi connectivity index (χ0n) is 17.1. The number of aliphatic hydroxyl groups excluding tert-OH is 1. The van der Waals surface area contributed by atoms with Crippen LogP contribution in [0, 0.1) is 11.6 Å². The highest BCUT2D eigenvalue weighted by atomic mass is 19.4. The zero-order chi connectivity index (χ0) is 24.4. The maximum atomic E-state index is 13.2. The molecule has 0 bridgehead atoms. The Morgan fingerprint density at radius 2 is 1.48 bits per heavy atom. The highest BCUT2D eigenvalue weighted by Gasteiger charge is 2.34. The van der Waals surface area contributed by atoms with Gasteiger partial charge >= 0.3 is 6.18 Å². The maximum absolute atomic E-state index is 13.2. The first-order valence-corrected chi connectivity index (χ1v) is 9.64. The van der Waals surface area contributed by atoms with Gasteiger partial charge in [0, 0.05) is 13.1 Å². The van der Waals surface area contributed by atoms with E-state index in [1.807, 2.05) is 0 Å². The van der Waals surface area contributed by atoms with E-state index in [-0.39, 0.29) is 31.9 Å². The van der Waals surface area contributed by atoms with Gasteiger partial charge in [0.2, 0.25) is 0 Å². The molecule has 0 spiro atoms. The molecule has 2 aromatic rings. The van der Waals surface area contributed by atoms with Gasteiger partial charge in [-0.05, 0) is 48.9 Å². The molecule has 0 radical (unpaired) electrons. The van der Waals surface area contributed by atoms with Crippen LogP contribution < -0.4 is 20.1 Å². The van der Waals surface area contributed by atoms with Crippen molar-refractivity contribution < 1.29 is 46.1 Å². The molecule has 1 atom stereocenters. The van der Waals surface area contributed by atoms with Crippen molar-refractivity contribution in [2.24, 2.45) is 0 Å². The smallest absolute Gasteiger partial charge is 0.419 e. The van der Waals surface area contributed by atoms with Crippen LogP contribution in [0.5, 0.6) is 11.5 Å². The average molecular weight is 476 g/mol. The molecule has 2 rings (SSSR count). The SMILES string of the molecule is O=C(COc1ccc(F)c(C(F)(F)F)c1)NCC[C@H](O)CNC(=O)COc1ccc(F)cc1. The molecule has 12 heteroatoms. The first-order chi connectivity index (χ1) is 15.5. The van der Waals surface area contributed by atoms with Gasteiger partial charge in [-0.15, -0.1) is 0 Å². The standard InChI is InChI=1S/C21H21F5N2O5/c22-13-1-3-15(4-2-13)32-12-20(31)28-10-14(29)7-8-27-19(30)11-33-16-5-6-18(23)17(9-16)21(24,25)26/h1-6,9,14,29H,7-8,10-12H2,(H,27,30)(H,28,31)/t14-/m0/s1. The second kappa shape index (κ2) is 12.0. The molecule has 33 heavy (non-hydrogen) atoms. The molecule has 0 aliphatic heterocycles. The molecular formula is C21H21F5N2O5. The summed E-state index contributed by atoms with van der Waals surface area (Å²) in [5, 5.41) is 14.7. The van der Waals surface area contributed by atoms with Crippen molar-refractivity contribution in [2.45, 2.75) is 18.7 Å². The van der Waals surface area contributed by atoms with Crippen molar-refractivity contribution in [1.82, 2.24) is 10.6 Å².